The highest BCUT2D eigenvalue weighted by molar-refractivity contribution is 7.80. The molecule has 0 amide bonds. The van der Waals surface area contributed by atoms with E-state index >= 15 is 0 Å². The van der Waals surface area contributed by atoms with Crippen molar-refractivity contribution in [3.8, 4) is 17.6 Å². The molecule has 0 heterocycles. The fourth-order valence-corrected chi connectivity index (χ4v) is 0.934. The van der Waals surface area contributed by atoms with E-state index in [-0.39, 0.29) is 5.75 Å². The average molecular weight is 196 g/mol. The number of rotatable bonds is 1. The van der Waals surface area contributed by atoms with Gasteiger partial charge >= 0.3 is 0 Å². The Labute approximate surface area is 82.0 Å². The maximum atomic E-state index is 12.7. The molecule has 0 bridgehead atoms. The predicted molar refractivity (Wildman–Crippen MR) is 53.4 cm³/mol. The molecule has 0 aromatic heterocycles. The first-order chi connectivity index (χ1) is 6.24. The molecule has 13 heavy (non-hydrogen) atoms. The van der Waals surface area contributed by atoms with Gasteiger partial charge in [0.25, 0.3) is 0 Å². The van der Waals surface area contributed by atoms with Gasteiger partial charge in [-0.25, -0.2) is 4.39 Å². The SMILES string of the molecule is Oc1ccc(F)cc1C#CCCS. The van der Waals surface area contributed by atoms with Gasteiger partial charge in [0, 0.05) is 12.2 Å². The summed E-state index contributed by atoms with van der Waals surface area (Å²) in [6.45, 7) is 0. The first-order valence-electron chi connectivity index (χ1n) is 3.82. The molecule has 0 radical (unpaired) electrons. The minimum Gasteiger partial charge on any atom is -0.507 e. The van der Waals surface area contributed by atoms with Crippen LogP contribution in [0.3, 0.4) is 0 Å². The van der Waals surface area contributed by atoms with E-state index in [0.29, 0.717) is 17.7 Å². The number of hydrogen-bond acceptors (Lipinski definition) is 2. The van der Waals surface area contributed by atoms with Gasteiger partial charge in [0.1, 0.15) is 11.6 Å². The molecule has 0 atom stereocenters. The Morgan fingerprint density at radius 2 is 2.23 bits per heavy atom. The number of hydrogen-bond donors (Lipinski definition) is 2. The minimum atomic E-state index is -0.395. The maximum Gasteiger partial charge on any atom is 0.131 e. The molecule has 68 valence electrons. The van der Waals surface area contributed by atoms with Crippen molar-refractivity contribution in [3.63, 3.8) is 0 Å². The first kappa shape index (κ1) is 9.94. The van der Waals surface area contributed by atoms with Gasteiger partial charge in [-0.3, -0.25) is 0 Å². The van der Waals surface area contributed by atoms with Gasteiger partial charge in [0.05, 0.1) is 5.56 Å². The van der Waals surface area contributed by atoms with Crippen LogP contribution in [0.2, 0.25) is 0 Å². The van der Waals surface area contributed by atoms with E-state index in [9.17, 15) is 9.50 Å². The molecule has 0 spiro atoms. The van der Waals surface area contributed by atoms with Gasteiger partial charge in [-0.15, -0.1) is 0 Å². The lowest BCUT2D eigenvalue weighted by molar-refractivity contribution is 0.471. The third-order valence-corrected chi connectivity index (χ3v) is 1.64. The van der Waals surface area contributed by atoms with E-state index in [1.165, 1.54) is 18.2 Å². The molecule has 0 aliphatic rings. The van der Waals surface area contributed by atoms with Crippen molar-refractivity contribution >= 4 is 12.6 Å². The maximum absolute atomic E-state index is 12.7. The number of phenolic OH excluding ortho intramolecular Hbond substituents is 1. The van der Waals surface area contributed by atoms with E-state index in [2.05, 4.69) is 24.5 Å². The smallest absolute Gasteiger partial charge is 0.131 e. The molecule has 0 saturated heterocycles. The number of halogens is 1. The van der Waals surface area contributed by atoms with Crippen LogP contribution in [-0.2, 0) is 0 Å². The number of aromatic hydroxyl groups is 1. The zero-order valence-electron chi connectivity index (χ0n) is 6.92. The van der Waals surface area contributed by atoms with Gasteiger partial charge in [-0.05, 0) is 18.2 Å². The summed E-state index contributed by atoms with van der Waals surface area (Å²) in [5, 5.41) is 9.25. The zero-order valence-corrected chi connectivity index (χ0v) is 7.81. The quantitative estimate of drug-likeness (QED) is 0.521. The van der Waals surface area contributed by atoms with Crippen LogP contribution in [0.15, 0.2) is 18.2 Å². The Hall–Kier alpha value is -1.14. The Morgan fingerprint density at radius 1 is 1.46 bits per heavy atom. The lowest BCUT2D eigenvalue weighted by Crippen LogP contribution is -1.80. The molecule has 1 aromatic carbocycles. The molecular weight excluding hydrogens is 187 g/mol. The number of phenols is 1. The Kier molecular flexibility index (Phi) is 3.66. The molecule has 1 N–H and O–H groups in total. The fourth-order valence-electron chi connectivity index (χ4n) is 0.822. The molecule has 3 heteroatoms. The van der Waals surface area contributed by atoms with Crippen molar-refractivity contribution in [2.24, 2.45) is 0 Å². The highest BCUT2D eigenvalue weighted by Gasteiger charge is 1.98. The van der Waals surface area contributed by atoms with E-state index < -0.39 is 5.82 Å². The third kappa shape index (κ3) is 3.00. The van der Waals surface area contributed by atoms with Crippen LogP contribution in [0.4, 0.5) is 4.39 Å². The van der Waals surface area contributed by atoms with Crippen LogP contribution in [0, 0.1) is 17.7 Å². The fraction of sp³-hybridized carbons (Fsp3) is 0.200. The van der Waals surface area contributed by atoms with Crippen molar-refractivity contribution < 1.29 is 9.50 Å². The van der Waals surface area contributed by atoms with Crippen LogP contribution < -0.4 is 0 Å². The standard InChI is InChI=1S/C10H9FOS/c11-9-4-5-10(12)8(7-9)3-1-2-6-13/h4-5,7,12-13H,2,6H2. The normalized spacial score (nSPS) is 9.08. The average Bonchev–Trinajstić information content (AvgIpc) is 2.11. The first-order valence-corrected chi connectivity index (χ1v) is 4.45. The number of benzene rings is 1. The predicted octanol–water partition coefficient (Wildman–Crippen LogP) is 2.20. The summed E-state index contributed by atoms with van der Waals surface area (Å²) in [5.41, 5.74) is 0.321. The highest BCUT2D eigenvalue weighted by Crippen LogP contribution is 2.16. The molecule has 0 saturated carbocycles. The second kappa shape index (κ2) is 4.78. The third-order valence-electron chi connectivity index (χ3n) is 1.42. The summed E-state index contributed by atoms with van der Waals surface area (Å²) >= 11 is 3.97. The largest absolute Gasteiger partial charge is 0.507 e. The van der Waals surface area contributed by atoms with Crippen LogP contribution >= 0.6 is 12.6 Å². The molecule has 0 aliphatic heterocycles. The molecule has 0 aliphatic carbocycles. The molecule has 1 rings (SSSR count). The minimum absolute atomic E-state index is 0.00747. The van der Waals surface area contributed by atoms with Crippen LogP contribution in [-0.4, -0.2) is 10.9 Å². The summed E-state index contributed by atoms with van der Waals surface area (Å²) < 4.78 is 12.7. The second-order valence-electron chi connectivity index (χ2n) is 2.44. The van der Waals surface area contributed by atoms with Crippen molar-refractivity contribution in [2.45, 2.75) is 6.42 Å². The molecule has 0 unspecified atom stereocenters. The summed E-state index contributed by atoms with van der Waals surface area (Å²) in [5.74, 6) is 5.70. The van der Waals surface area contributed by atoms with Gasteiger partial charge in [0.15, 0.2) is 0 Å². The van der Waals surface area contributed by atoms with Crippen LogP contribution in [0.5, 0.6) is 5.75 Å². The van der Waals surface area contributed by atoms with E-state index in [1.54, 1.807) is 0 Å². The van der Waals surface area contributed by atoms with Gasteiger partial charge in [-0.1, -0.05) is 11.8 Å². The summed E-state index contributed by atoms with van der Waals surface area (Å²) in [7, 11) is 0. The molecule has 1 aromatic rings. The van der Waals surface area contributed by atoms with E-state index in [0.717, 1.165) is 0 Å². The Bertz CT molecular complexity index is 352. The molecule has 0 fully saturated rings. The summed E-state index contributed by atoms with van der Waals surface area (Å²) in [4.78, 5) is 0. The van der Waals surface area contributed by atoms with Crippen LogP contribution in [0.1, 0.15) is 12.0 Å². The number of thiol groups is 1. The zero-order chi connectivity index (χ0) is 9.68. The van der Waals surface area contributed by atoms with Crippen molar-refractivity contribution in [1.82, 2.24) is 0 Å². The highest BCUT2D eigenvalue weighted by atomic mass is 32.1. The molecule has 1 nitrogen and oxygen atoms in total. The van der Waals surface area contributed by atoms with Gasteiger partial charge < -0.3 is 5.11 Å². The monoisotopic (exact) mass is 196 g/mol. The van der Waals surface area contributed by atoms with Crippen molar-refractivity contribution in [2.75, 3.05) is 5.75 Å². The van der Waals surface area contributed by atoms with Gasteiger partial charge in [-0.2, -0.15) is 12.6 Å². The van der Waals surface area contributed by atoms with Crippen LogP contribution in [0.25, 0.3) is 0 Å². The van der Waals surface area contributed by atoms with E-state index in [1.807, 2.05) is 0 Å². The van der Waals surface area contributed by atoms with E-state index in [4.69, 9.17) is 0 Å². The topological polar surface area (TPSA) is 20.2 Å². The Balaban J connectivity index is 2.89. The molecular formula is C10H9FOS. The van der Waals surface area contributed by atoms with Gasteiger partial charge in [0.2, 0.25) is 0 Å². The second-order valence-corrected chi connectivity index (χ2v) is 2.88. The van der Waals surface area contributed by atoms with Crippen molar-refractivity contribution in [1.29, 1.82) is 0 Å². The lowest BCUT2D eigenvalue weighted by atomic mass is 10.2. The summed E-state index contributed by atoms with van der Waals surface area (Å²) in [6, 6.07) is 3.69. The lowest BCUT2D eigenvalue weighted by Gasteiger charge is -1.95. The Morgan fingerprint density at radius 3 is 2.92 bits per heavy atom. The van der Waals surface area contributed by atoms with Crippen molar-refractivity contribution in [3.05, 3.63) is 29.6 Å². The summed E-state index contributed by atoms with van der Waals surface area (Å²) in [6.07, 6.45) is 0.624.